The average molecular weight is 455 g/mol. The van der Waals surface area contributed by atoms with Crippen LogP contribution in [-0.2, 0) is 9.59 Å². The molecule has 3 rings (SSSR count). The van der Waals surface area contributed by atoms with Crippen LogP contribution in [0.5, 0.6) is 0 Å². The van der Waals surface area contributed by atoms with Crippen molar-refractivity contribution in [2.24, 2.45) is 5.92 Å². The van der Waals surface area contributed by atoms with Gasteiger partial charge >= 0.3 is 6.03 Å². The van der Waals surface area contributed by atoms with Crippen molar-refractivity contribution in [3.8, 4) is 0 Å². The lowest BCUT2D eigenvalue weighted by atomic mass is 9.94. The van der Waals surface area contributed by atoms with Crippen LogP contribution >= 0.6 is 23.2 Å². The Bertz CT molecular complexity index is 776. The van der Waals surface area contributed by atoms with Crippen LogP contribution in [0.3, 0.4) is 0 Å². The highest BCUT2D eigenvalue weighted by atomic mass is 35.5. The molecule has 2 N–H and O–H groups in total. The van der Waals surface area contributed by atoms with Crippen molar-refractivity contribution in [1.82, 2.24) is 15.1 Å². The molecule has 1 aromatic carbocycles. The Labute approximate surface area is 187 Å². The maximum atomic E-state index is 12.6. The second-order valence-corrected chi connectivity index (χ2v) is 8.56. The number of nitrogens with one attached hydrogen (secondary N) is 2. The fourth-order valence-electron chi connectivity index (χ4n) is 3.96. The van der Waals surface area contributed by atoms with E-state index in [-0.39, 0.29) is 35.7 Å². The van der Waals surface area contributed by atoms with E-state index in [9.17, 15) is 14.4 Å². The number of piperidine rings is 2. The van der Waals surface area contributed by atoms with E-state index in [1.165, 1.54) is 6.42 Å². The molecular formula is C21H28Cl2N4O3. The molecule has 164 valence electrons. The van der Waals surface area contributed by atoms with Gasteiger partial charge in [-0.1, -0.05) is 29.3 Å². The summed E-state index contributed by atoms with van der Waals surface area (Å²) in [5.41, 5.74) is 0.411. The first-order chi connectivity index (χ1) is 14.5. The highest BCUT2D eigenvalue weighted by Gasteiger charge is 2.30. The average Bonchev–Trinajstić information content (AvgIpc) is 2.77. The van der Waals surface area contributed by atoms with Crippen molar-refractivity contribution in [1.29, 1.82) is 0 Å². The number of carbonyl (C=O) groups excluding carboxylic acids is 3. The number of rotatable bonds is 5. The molecule has 2 aliphatic heterocycles. The summed E-state index contributed by atoms with van der Waals surface area (Å²) in [5, 5.41) is 5.90. The molecule has 0 bridgehead atoms. The summed E-state index contributed by atoms with van der Waals surface area (Å²) in [6, 6.07) is 4.52. The van der Waals surface area contributed by atoms with E-state index in [0.29, 0.717) is 36.6 Å². The van der Waals surface area contributed by atoms with E-state index in [0.717, 1.165) is 25.9 Å². The monoisotopic (exact) mass is 454 g/mol. The van der Waals surface area contributed by atoms with Gasteiger partial charge in [0.05, 0.1) is 15.7 Å². The Morgan fingerprint density at radius 2 is 1.67 bits per heavy atom. The normalized spacial score (nSPS) is 17.5. The van der Waals surface area contributed by atoms with E-state index < -0.39 is 6.03 Å². The number of hydrogen-bond acceptors (Lipinski definition) is 3. The second kappa shape index (κ2) is 10.9. The number of benzene rings is 1. The number of nitrogens with zero attached hydrogens (tertiary/aromatic N) is 2. The minimum Gasteiger partial charge on any atom is -0.343 e. The van der Waals surface area contributed by atoms with Crippen molar-refractivity contribution in [3.05, 3.63) is 28.2 Å². The van der Waals surface area contributed by atoms with Gasteiger partial charge in [0.15, 0.2) is 0 Å². The van der Waals surface area contributed by atoms with Gasteiger partial charge in [0.25, 0.3) is 0 Å². The number of hydrogen-bond donors (Lipinski definition) is 2. The maximum Gasteiger partial charge on any atom is 0.319 e. The molecule has 4 amide bonds. The van der Waals surface area contributed by atoms with Gasteiger partial charge in [0.1, 0.15) is 0 Å². The van der Waals surface area contributed by atoms with E-state index in [1.54, 1.807) is 23.1 Å². The minimum absolute atomic E-state index is 0.0139. The standard InChI is InChI=1S/C21H28Cl2N4O3/c22-16-5-4-6-17(19(16)23)25-21(30)24-10-7-18(28)26-13-8-15(9-14-26)20(29)27-11-2-1-3-12-27/h4-6,15H,1-3,7-14H2,(H2,24,25,30). The van der Waals surface area contributed by atoms with Gasteiger partial charge in [-0.25, -0.2) is 4.79 Å². The number of urea groups is 1. The highest BCUT2D eigenvalue weighted by molar-refractivity contribution is 6.43. The summed E-state index contributed by atoms with van der Waals surface area (Å²) in [5.74, 6) is 0.262. The lowest BCUT2D eigenvalue weighted by molar-refractivity contribution is -0.141. The van der Waals surface area contributed by atoms with Crippen molar-refractivity contribution in [2.75, 3.05) is 38.0 Å². The van der Waals surface area contributed by atoms with Gasteiger partial charge in [-0.15, -0.1) is 0 Å². The first kappa shape index (κ1) is 22.7. The van der Waals surface area contributed by atoms with Crippen LogP contribution in [0.4, 0.5) is 10.5 Å². The lowest BCUT2D eigenvalue weighted by Crippen LogP contribution is -2.46. The molecule has 0 spiro atoms. The van der Waals surface area contributed by atoms with E-state index in [1.807, 2.05) is 4.90 Å². The summed E-state index contributed by atoms with van der Waals surface area (Å²) in [6.45, 7) is 3.13. The van der Waals surface area contributed by atoms with Crippen LogP contribution < -0.4 is 10.6 Å². The molecule has 0 atom stereocenters. The fraction of sp³-hybridized carbons (Fsp3) is 0.571. The molecule has 0 unspecified atom stereocenters. The van der Waals surface area contributed by atoms with Crippen LogP contribution in [0.1, 0.15) is 38.5 Å². The summed E-state index contributed by atoms with van der Waals surface area (Å²) in [4.78, 5) is 40.8. The largest absolute Gasteiger partial charge is 0.343 e. The van der Waals surface area contributed by atoms with Gasteiger partial charge in [0, 0.05) is 45.1 Å². The Balaban J connectivity index is 1.36. The Morgan fingerprint density at radius 3 is 2.37 bits per heavy atom. The molecule has 2 fully saturated rings. The van der Waals surface area contributed by atoms with Crippen molar-refractivity contribution in [2.45, 2.75) is 38.5 Å². The molecule has 2 heterocycles. The SMILES string of the molecule is O=C(NCCC(=O)N1CCC(C(=O)N2CCCCC2)CC1)Nc1cccc(Cl)c1Cl. The second-order valence-electron chi connectivity index (χ2n) is 7.77. The topological polar surface area (TPSA) is 81.8 Å². The molecule has 0 aliphatic carbocycles. The van der Waals surface area contributed by atoms with E-state index >= 15 is 0 Å². The van der Waals surface area contributed by atoms with Crippen molar-refractivity contribution in [3.63, 3.8) is 0 Å². The third-order valence-corrected chi connectivity index (χ3v) is 6.51. The van der Waals surface area contributed by atoms with Crippen LogP contribution in [-0.4, -0.2) is 60.4 Å². The zero-order valence-electron chi connectivity index (χ0n) is 17.0. The van der Waals surface area contributed by atoms with Crippen LogP contribution in [0.15, 0.2) is 18.2 Å². The minimum atomic E-state index is -0.446. The van der Waals surface area contributed by atoms with Gasteiger partial charge in [-0.3, -0.25) is 9.59 Å². The summed E-state index contributed by atoms with van der Waals surface area (Å²) in [7, 11) is 0. The number of anilines is 1. The Kier molecular flexibility index (Phi) is 8.22. The quantitative estimate of drug-likeness (QED) is 0.710. The first-order valence-electron chi connectivity index (χ1n) is 10.5. The van der Waals surface area contributed by atoms with Crippen LogP contribution in [0.25, 0.3) is 0 Å². The number of carbonyl (C=O) groups is 3. The molecule has 2 saturated heterocycles. The van der Waals surface area contributed by atoms with Crippen LogP contribution in [0.2, 0.25) is 10.0 Å². The van der Waals surface area contributed by atoms with Gasteiger partial charge in [0.2, 0.25) is 11.8 Å². The molecular weight excluding hydrogens is 427 g/mol. The predicted molar refractivity (Wildman–Crippen MR) is 118 cm³/mol. The molecule has 0 radical (unpaired) electrons. The summed E-state index contributed by atoms with van der Waals surface area (Å²) in [6.07, 6.45) is 5.02. The number of amides is 4. The number of likely N-dealkylation sites (tertiary alicyclic amines) is 2. The molecule has 2 aliphatic rings. The van der Waals surface area contributed by atoms with E-state index in [2.05, 4.69) is 10.6 Å². The molecule has 9 heteroatoms. The van der Waals surface area contributed by atoms with Gasteiger partial charge < -0.3 is 20.4 Å². The predicted octanol–water partition coefficient (Wildman–Crippen LogP) is 3.76. The zero-order chi connectivity index (χ0) is 21.5. The van der Waals surface area contributed by atoms with Gasteiger partial charge in [-0.05, 0) is 44.2 Å². The smallest absolute Gasteiger partial charge is 0.319 e. The first-order valence-corrected chi connectivity index (χ1v) is 11.3. The molecule has 1 aromatic rings. The maximum absolute atomic E-state index is 12.6. The molecule has 0 aromatic heterocycles. The molecule has 0 saturated carbocycles. The molecule has 7 nitrogen and oxygen atoms in total. The van der Waals surface area contributed by atoms with Gasteiger partial charge in [-0.2, -0.15) is 0 Å². The van der Waals surface area contributed by atoms with Crippen LogP contribution in [0, 0.1) is 5.92 Å². The van der Waals surface area contributed by atoms with Crippen molar-refractivity contribution >= 4 is 46.7 Å². The number of halogens is 2. The fourth-order valence-corrected chi connectivity index (χ4v) is 4.30. The Hall–Kier alpha value is -1.99. The van der Waals surface area contributed by atoms with Crippen molar-refractivity contribution < 1.29 is 14.4 Å². The highest BCUT2D eigenvalue weighted by Crippen LogP contribution is 2.29. The third kappa shape index (κ3) is 6.01. The zero-order valence-corrected chi connectivity index (χ0v) is 18.5. The lowest BCUT2D eigenvalue weighted by Gasteiger charge is -2.35. The molecule has 30 heavy (non-hydrogen) atoms. The Morgan fingerprint density at radius 1 is 0.967 bits per heavy atom. The third-order valence-electron chi connectivity index (χ3n) is 5.69. The van der Waals surface area contributed by atoms with E-state index in [4.69, 9.17) is 23.2 Å². The summed E-state index contributed by atoms with van der Waals surface area (Å²) < 4.78 is 0. The summed E-state index contributed by atoms with van der Waals surface area (Å²) >= 11 is 12.0.